The van der Waals surface area contributed by atoms with Gasteiger partial charge in [-0.1, -0.05) is 28.1 Å². The van der Waals surface area contributed by atoms with Crippen LogP contribution in [0.5, 0.6) is 0 Å². The smallest absolute Gasteiger partial charge is 0.191 e. The number of aryl methyl sites for hydroxylation is 1. The maximum absolute atomic E-state index is 4.72. The first-order chi connectivity index (χ1) is 13.6. The van der Waals surface area contributed by atoms with Gasteiger partial charge in [0.2, 0.25) is 0 Å². The van der Waals surface area contributed by atoms with Crippen LogP contribution in [0.15, 0.2) is 46.1 Å². The highest BCUT2D eigenvalue weighted by Gasteiger charge is 2.20. The Morgan fingerprint density at radius 3 is 2.59 bits per heavy atom. The van der Waals surface area contributed by atoms with Crippen molar-refractivity contribution < 1.29 is 0 Å². The fourth-order valence-corrected chi connectivity index (χ4v) is 3.71. The van der Waals surface area contributed by atoms with Gasteiger partial charge in [-0.05, 0) is 49.9 Å². The molecule has 3 rings (SSSR count). The SMILES string of the molecule is CCNC(=NCCn1cc(C)cn1)NC1CCN(Cc2ccc(Br)cc2)CC1.I. The van der Waals surface area contributed by atoms with Gasteiger partial charge in [-0.3, -0.25) is 14.6 Å². The number of aromatic nitrogens is 2. The van der Waals surface area contributed by atoms with Crippen molar-refractivity contribution in [2.75, 3.05) is 26.2 Å². The fraction of sp³-hybridized carbons (Fsp3) is 0.524. The van der Waals surface area contributed by atoms with Crippen LogP contribution in [0.1, 0.15) is 30.9 Å². The highest BCUT2D eigenvalue weighted by Crippen LogP contribution is 2.16. The van der Waals surface area contributed by atoms with Gasteiger partial charge in [0.1, 0.15) is 0 Å². The fourth-order valence-electron chi connectivity index (χ4n) is 3.45. The number of aliphatic imine (C=N–C) groups is 1. The number of rotatable bonds is 7. The molecule has 2 heterocycles. The summed E-state index contributed by atoms with van der Waals surface area (Å²) in [6.07, 6.45) is 6.21. The van der Waals surface area contributed by atoms with Gasteiger partial charge in [0.05, 0.1) is 19.3 Å². The maximum atomic E-state index is 4.72. The van der Waals surface area contributed by atoms with Crippen LogP contribution in [0.25, 0.3) is 0 Å². The number of likely N-dealkylation sites (tertiary alicyclic amines) is 1. The molecule has 0 saturated carbocycles. The lowest BCUT2D eigenvalue weighted by Gasteiger charge is -2.33. The minimum atomic E-state index is 0. The number of guanidine groups is 1. The van der Waals surface area contributed by atoms with E-state index < -0.39 is 0 Å². The normalized spacial score (nSPS) is 15.8. The molecule has 2 aromatic rings. The summed E-state index contributed by atoms with van der Waals surface area (Å²) >= 11 is 3.50. The number of piperidine rings is 1. The number of benzene rings is 1. The molecule has 1 aromatic heterocycles. The number of halogens is 2. The summed E-state index contributed by atoms with van der Waals surface area (Å²) in [5.74, 6) is 0.915. The van der Waals surface area contributed by atoms with Gasteiger partial charge >= 0.3 is 0 Å². The molecule has 1 saturated heterocycles. The molecule has 1 fully saturated rings. The van der Waals surface area contributed by atoms with Crippen LogP contribution in [0.3, 0.4) is 0 Å². The predicted molar refractivity (Wildman–Crippen MR) is 134 cm³/mol. The third-order valence-electron chi connectivity index (χ3n) is 4.95. The molecule has 0 unspecified atom stereocenters. The van der Waals surface area contributed by atoms with E-state index in [1.807, 2.05) is 10.9 Å². The molecule has 1 aliphatic heterocycles. The molecular formula is C21H32BrIN6. The van der Waals surface area contributed by atoms with Crippen molar-refractivity contribution in [3.05, 3.63) is 52.3 Å². The molecule has 6 nitrogen and oxygen atoms in total. The molecule has 1 aliphatic rings. The van der Waals surface area contributed by atoms with Crippen molar-refractivity contribution >= 4 is 45.9 Å². The zero-order chi connectivity index (χ0) is 19.8. The first-order valence-corrected chi connectivity index (χ1v) is 10.9. The molecule has 0 atom stereocenters. The third kappa shape index (κ3) is 8.25. The highest BCUT2D eigenvalue weighted by molar-refractivity contribution is 14.0. The van der Waals surface area contributed by atoms with Crippen LogP contribution in [0, 0.1) is 6.92 Å². The van der Waals surface area contributed by atoms with Crippen LogP contribution in [0.4, 0.5) is 0 Å². The van der Waals surface area contributed by atoms with Crippen LogP contribution in [-0.2, 0) is 13.1 Å². The van der Waals surface area contributed by atoms with Gasteiger partial charge in [-0.2, -0.15) is 5.10 Å². The number of nitrogens with zero attached hydrogens (tertiary/aromatic N) is 4. The van der Waals surface area contributed by atoms with Gasteiger partial charge < -0.3 is 10.6 Å². The van der Waals surface area contributed by atoms with Gasteiger partial charge in [0.25, 0.3) is 0 Å². The van der Waals surface area contributed by atoms with E-state index in [1.54, 1.807) is 0 Å². The molecular weight excluding hydrogens is 543 g/mol. The van der Waals surface area contributed by atoms with E-state index in [9.17, 15) is 0 Å². The van der Waals surface area contributed by atoms with Crippen LogP contribution >= 0.6 is 39.9 Å². The van der Waals surface area contributed by atoms with E-state index in [0.29, 0.717) is 6.04 Å². The summed E-state index contributed by atoms with van der Waals surface area (Å²) in [6, 6.07) is 9.11. The zero-order valence-corrected chi connectivity index (χ0v) is 21.2. The topological polar surface area (TPSA) is 57.5 Å². The second-order valence-corrected chi connectivity index (χ2v) is 8.28. The molecule has 0 spiro atoms. The van der Waals surface area contributed by atoms with Crippen molar-refractivity contribution in [1.29, 1.82) is 0 Å². The summed E-state index contributed by atoms with van der Waals surface area (Å²) < 4.78 is 3.08. The van der Waals surface area contributed by atoms with Crippen molar-refractivity contribution in [3.8, 4) is 0 Å². The summed E-state index contributed by atoms with van der Waals surface area (Å²) in [5.41, 5.74) is 2.56. The Morgan fingerprint density at radius 2 is 1.97 bits per heavy atom. The molecule has 0 aliphatic carbocycles. The second kappa shape index (κ2) is 12.5. The minimum absolute atomic E-state index is 0. The summed E-state index contributed by atoms with van der Waals surface area (Å²) in [7, 11) is 0. The first kappa shape index (κ1) is 24.1. The quantitative estimate of drug-likeness (QED) is 0.300. The van der Waals surface area contributed by atoms with Crippen molar-refractivity contribution in [3.63, 3.8) is 0 Å². The Labute approximate surface area is 199 Å². The molecule has 29 heavy (non-hydrogen) atoms. The molecule has 0 radical (unpaired) electrons. The van der Waals surface area contributed by atoms with E-state index >= 15 is 0 Å². The van der Waals surface area contributed by atoms with Gasteiger partial charge in [0.15, 0.2) is 5.96 Å². The van der Waals surface area contributed by atoms with Crippen molar-refractivity contribution in [2.24, 2.45) is 4.99 Å². The summed E-state index contributed by atoms with van der Waals surface area (Å²) in [6.45, 7) is 9.80. The first-order valence-electron chi connectivity index (χ1n) is 10.1. The maximum Gasteiger partial charge on any atom is 0.191 e. The predicted octanol–water partition coefficient (Wildman–Crippen LogP) is 3.79. The van der Waals surface area contributed by atoms with E-state index in [1.165, 1.54) is 11.1 Å². The van der Waals surface area contributed by atoms with E-state index in [2.05, 4.69) is 80.9 Å². The van der Waals surface area contributed by atoms with Crippen LogP contribution in [0.2, 0.25) is 0 Å². The van der Waals surface area contributed by atoms with Crippen molar-refractivity contribution in [2.45, 2.75) is 45.8 Å². The zero-order valence-electron chi connectivity index (χ0n) is 17.3. The summed E-state index contributed by atoms with van der Waals surface area (Å²) in [4.78, 5) is 7.26. The Balaban J connectivity index is 0.00000300. The minimum Gasteiger partial charge on any atom is -0.357 e. The molecule has 160 valence electrons. The lowest BCUT2D eigenvalue weighted by Crippen LogP contribution is -2.48. The van der Waals surface area contributed by atoms with Gasteiger partial charge in [-0.15, -0.1) is 24.0 Å². The molecule has 0 amide bonds. The number of nitrogens with one attached hydrogen (secondary N) is 2. The Kier molecular flexibility index (Phi) is 10.4. The lowest BCUT2D eigenvalue weighted by atomic mass is 10.0. The molecule has 1 aromatic carbocycles. The van der Waals surface area contributed by atoms with Crippen LogP contribution < -0.4 is 10.6 Å². The van der Waals surface area contributed by atoms with Gasteiger partial charge in [0, 0.05) is 42.9 Å². The Morgan fingerprint density at radius 1 is 1.24 bits per heavy atom. The van der Waals surface area contributed by atoms with E-state index in [0.717, 1.165) is 62.5 Å². The van der Waals surface area contributed by atoms with Crippen LogP contribution in [-0.4, -0.2) is 52.9 Å². The highest BCUT2D eigenvalue weighted by atomic mass is 127. The lowest BCUT2D eigenvalue weighted by molar-refractivity contribution is 0.198. The second-order valence-electron chi connectivity index (χ2n) is 7.36. The molecule has 0 bridgehead atoms. The van der Waals surface area contributed by atoms with E-state index in [4.69, 9.17) is 4.99 Å². The average Bonchev–Trinajstić information content (AvgIpc) is 3.10. The molecule has 2 N–H and O–H groups in total. The van der Waals surface area contributed by atoms with Gasteiger partial charge in [-0.25, -0.2) is 0 Å². The third-order valence-corrected chi connectivity index (χ3v) is 5.48. The molecule has 8 heteroatoms. The largest absolute Gasteiger partial charge is 0.357 e. The summed E-state index contributed by atoms with van der Waals surface area (Å²) in [5, 5.41) is 11.3. The van der Waals surface area contributed by atoms with E-state index in [-0.39, 0.29) is 24.0 Å². The average molecular weight is 575 g/mol. The monoisotopic (exact) mass is 574 g/mol. The standard InChI is InChI=1S/C21H31BrN6.HI/c1-3-23-21(24-10-13-28-15-17(2)14-25-28)26-20-8-11-27(12-9-20)16-18-4-6-19(22)7-5-18;/h4-7,14-15,20H,3,8-13,16H2,1-2H3,(H2,23,24,26);1H. The Hall–Kier alpha value is -1.13. The number of hydrogen-bond donors (Lipinski definition) is 2. The Bertz CT molecular complexity index is 753. The van der Waals surface area contributed by atoms with Crippen molar-refractivity contribution in [1.82, 2.24) is 25.3 Å². The number of hydrogen-bond acceptors (Lipinski definition) is 3.